The van der Waals surface area contributed by atoms with Crippen LogP contribution in [-0.2, 0) is 0 Å². The maximum absolute atomic E-state index is 2.46. The predicted octanol–water partition coefficient (Wildman–Crippen LogP) is 18.1. The van der Waals surface area contributed by atoms with Crippen molar-refractivity contribution >= 4 is 108 Å². The molecule has 2 heterocycles. The third kappa shape index (κ3) is 5.34. The molecule has 0 unspecified atom stereocenters. The average molecular weight is 861 g/mol. The van der Waals surface area contributed by atoms with Crippen LogP contribution in [0.3, 0.4) is 0 Å². The lowest BCUT2D eigenvalue weighted by Gasteiger charge is -2.18. The van der Waals surface area contributed by atoms with E-state index in [-0.39, 0.29) is 0 Å². The van der Waals surface area contributed by atoms with Gasteiger partial charge in [-0.05, 0) is 154 Å². The van der Waals surface area contributed by atoms with Gasteiger partial charge in [-0.1, -0.05) is 176 Å². The molecule has 0 amide bonds. The Morgan fingerprint density at radius 3 is 1.31 bits per heavy atom. The van der Waals surface area contributed by atoms with Crippen molar-refractivity contribution in [1.82, 2.24) is 9.13 Å². The monoisotopic (exact) mass is 860 g/mol. The second-order valence-electron chi connectivity index (χ2n) is 18.4. The van der Waals surface area contributed by atoms with Crippen LogP contribution >= 0.6 is 0 Å². The van der Waals surface area contributed by atoms with Crippen molar-refractivity contribution in [2.45, 2.75) is 0 Å². The Morgan fingerprint density at radius 2 is 0.647 bits per heavy atom. The largest absolute Gasteiger partial charge is 0.309 e. The van der Waals surface area contributed by atoms with Crippen LogP contribution in [0.5, 0.6) is 0 Å². The van der Waals surface area contributed by atoms with E-state index >= 15 is 0 Å². The fourth-order valence-corrected chi connectivity index (χ4v) is 11.8. The van der Waals surface area contributed by atoms with E-state index in [4.69, 9.17) is 0 Å². The van der Waals surface area contributed by atoms with Crippen LogP contribution in [0.4, 0.5) is 0 Å². The Balaban J connectivity index is 0.878. The SMILES string of the molecule is c1ccc2cc(-n3c4ccccc4c4cc(-c5ccc6c(c5)c5ccccc5n6-c5ccc(-c6cc7c8ccccc8c8ccccc8c7c7c6ccc6ccccc67)cc5)ccc43)ccc2c1. The van der Waals surface area contributed by atoms with Crippen molar-refractivity contribution < 1.29 is 0 Å². The smallest absolute Gasteiger partial charge is 0.0541 e. The van der Waals surface area contributed by atoms with Gasteiger partial charge in [0, 0.05) is 32.9 Å². The molecule has 0 bridgehead atoms. The van der Waals surface area contributed by atoms with Gasteiger partial charge in [-0.2, -0.15) is 0 Å². The molecule has 0 spiro atoms. The topological polar surface area (TPSA) is 9.86 Å². The summed E-state index contributed by atoms with van der Waals surface area (Å²) in [4.78, 5) is 0. The van der Waals surface area contributed by atoms with Crippen molar-refractivity contribution in [3.8, 4) is 33.6 Å². The Bertz CT molecular complexity index is 4600. The van der Waals surface area contributed by atoms with Crippen LogP contribution in [0.15, 0.2) is 243 Å². The Labute approximate surface area is 391 Å². The van der Waals surface area contributed by atoms with Gasteiger partial charge in [-0.3, -0.25) is 0 Å². The summed E-state index contributed by atoms with van der Waals surface area (Å²) in [6, 6.07) is 90.1. The van der Waals surface area contributed by atoms with Crippen molar-refractivity contribution in [3.05, 3.63) is 243 Å². The molecule has 0 N–H and O–H groups in total. The first kappa shape index (κ1) is 37.3. The number of hydrogen-bond acceptors (Lipinski definition) is 0. The van der Waals surface area contributed by atoms with Crippen LogP contribution in [-0.4, -0.2) is 9.13 Å². The third-order valence-corrected chi connectivity index (χ3v) is 14.8. The normalized spacial score (nSPS) is 12.1. The zero-order valence-electron chi connectivity index (χ0n) is 37.0. The lowest BCUT2D eigenvalue weighted by Crippen LogP contribution is -1.94. The first-order chi connectivity index (χ1) is 33.7. The summed E-state index contributed by atoms with van der Waals surface area (Å²) in [6.45, 7) is 0. The second kappa shape index (κ2) is 14.3. The van der Waals surface area contributed by atoms with Gasteiger partial charge in [-0.25, -0.2) is 0 Å². The lowest BCUT2D eigenvalue weighted by molar-refractivity contribution is 1.18. The average Bonchev–Trinajstić information content (AvgIpc) is 3.92. The number of rotatable bonds is 4. The minimum atomic E-state index is 1.14. The van der Waals surface area contributed by atoms with Crippen LogP contribution in [0, 0.1) is 0 Å². The van der Waals surface area contributed by atoms with Crippen molar-refractivity contribution in [2.24, 2.45) is 0 Å². The Hall–Kier alpha value is -8.98. The van der Waals surface area contributed by atoms with Gasteiger partial charge in [0.15, 0.2) is 0 Å². The van der Waals surface area contributed by atoms with E-state index in [1.165, 1.54) is 136 Å². The molecule has 2 nitrogen and oxygen atoms in total. The highest BCUT2D eigenvalue weighted by atomic mass is 15.0. The number of benzene rings is 13. The summed E-state index contributed by atoms with van der Waals surface area (Å²) in [7, 11) is 0. The molecule has 15 rings (SSSR count). The predicted molar refractivity (Wildman–Crippen MR) is 291 cm³/mol. The molecule has 0 aliphatic carbocycles. The van der Waals surface area contributed by atoms with E-state index in [9.17, 15) is 0 Å². The van der Waals surface area contributed by atoms with Gasteiger partial charge in [0.1, 0.15) is 0 Å². The van der Waals surface area contributed by atoms with Gasteiger partial charge in [-0.15, -0.1) is 0 Å². The summed E-state index contributed by atoms with van der Waals surface area (Å²) in [5.74, 6) is 0. The third-order valence-electron chi connectivity index (χ3n) is 14.8. The first-order valence-corrected chi connectivity index (χ1v) is 23.6. The minimum Gasteiger partial charge on any atom is -0.309 e. The summed E-state index contributed by atoms with van der Waals surface area (Å²) in [6.07, 6.45) is 0. The maximum Gasteiger partial charge on any atom is 0.0541 e. The quantitative estimate of drug-likeness (QED) is 0.156. The summed E-state index contributed by atoms with van der Waals surface area (Å²) < 4.78 is 4.85. The molecule has 0 saturated carbocycles. The molecule has 0 radical (unpaired) electrons. The van der Waals surface area contributed by atoms with Crippen molar-refractivity contribution in [3.63, 3.8) is 0 Å². The van der Waals surface area contributed by atoms with E-state index in [1.54, 1.807) is 0 Å². The molecule has 2 aromatic heterocycles. The molecule has 0 aliphatic rings. The highest BCUT2D eigenvalue weighted by Gasteiger charge is 2.19. The molecule has 15 aromatic rings. The van der Waals surface area contributed by atoms with E-state index < -0.39 is 0 Å². The molecule has 314 valence electrons. The van der Waals surface area contributed by atoms with Crippen molar-refractivity contribution in [1.29, 1.82) is 0 Å². The van der Waals surface area contributed by atoms with Crippen molar-refractivity contribution in [2.75, 3.05) is 0 Å². The summed E-state index contributed by atoms with van der Waals surface area (Å²) in [5, 5.41) is 20.4. The highest BCUT2D eigenvalue weighted by molar-refractivity contribution is 6.36. The summed E-state index contributed by atoms with van der Waals surface area (Å²) in [5.41, 5.74) is 12.0. The second-order valence-corrected chi connectivity index (χ2v) is 18.4. The molecular formula is C66H40N2. The lowest BCUT2D eigenvalue weighted by atomic mass is 9.85. The van der Waals surface area contributed by atoms with Gasteiger partial charge >= 0.3 is 0 Å². The molecule has 2 heteroatoms. The van der Waals surface area contributed by atoms with Crippen LogP contribution in [0.2, 0.25) is 0 Å². The zero-order valence-corrected chi connectivity index (χ0v) is 37.0. The Kier molecular flexibility index (Phi) is 7.81. The number of hydrogen-bond donors (Lipinski definition) is 0. The van der Waals surface area contributed by atoms with E-state index in [2.05, 4.69) is 252 Å². The number of aromatic nitrogens is 2. The standard InChI is InChI=1S/C66H40N2/c1-2-15-44-37-48(33-25-41(44)13-1)68-62-24-12-10-21-54(62)59-39-46(30-36-64(59)68)45-29-35-63-58(38-45)53-20-9-11-23-61(53)67(63)47-31-26-43(27-32-47)57-40-60-52-19-6-5-17-50(52)51-18-7-8-22-55(51)66(60)65-49-16-4-3-14-42(49)28-34-56(57)65/h1-40H. The molecule has 0 aliphatic heterocycles. The zero-order chi connectivity index (χ0) is 44.5. The fraction of sp³-hybridized carbons (Fsp3) is 0. The molecule has 13 aromatic carbocycles. The molecule has 68 heavy (non-hydrogen) atoms. The maximum atomic E-state index is 2.46. The van der Waals surface area contributed by atoms with Gasteiger partial charge < -0.3 is 9.13 Å². The molecule has 0 atom stereocenters. The van der Waals surface area contributed by atoms with Crippen LogP contribution in [0.25, 0.3) is 142 Å². The van der Waals surface area contributed by atoms with Crippen LogP contribution in [0.1, 0.15) is 0 Å². The fourth-order valence-electron chi connectivity index (χ4n) is 11.8. The van der Waals surface area contributed by atoms with Gasteiger partial charge in [0.25, 0.3) is 0 Å². The highest BCUT2D eigenvalue weighted by Crippen LogP contribution is 2.46. The Morgan fingerprint density at radius 1 is 0.206 bits per heavy atom. The molecule has 0 fully saturated rings. The summed E-state index contributed by atoms with van der Waals surface area (Å²) >= 11 is 0. The van der Waals surface area contributed by atoms with Crippen LogP contribution < -0.4 is 0 Å². The van der Waals surface area contributed by atoms with E-state index in [0.717, 1.165) is 5.69 Å². The van der Waals surface area contributed by atoms with E-state index in [0.29, 0.717) is 0 Å². The van der Waals surface area contributed by atoms with Gasteiger partial charge in [0.05, 0.1) is 22.1 Å². The number of nitrogens with zero attached hydrogens (tertiary/aromatic N) is 2. The van der Waals surface area contributed by atoms with E-state index in [1.807, 2.05) is 0 Å². The first-order valence-electron chi connectivity index (χ1n) is 23.6. The number of para-hydroxylation sites is 2. The molecular weight excluding hydrogens is 821 g/mol. The minimum absolute atomic E-state index is 1.14. The molecule has 0 saturated heterocycles. The van der Waals surface area contributed by atoms with Gasteiger partial charge in [0.2, 0.25) is 0 Å². The number of fused-ring (bicyclic) bond motifs is 17.